The van der Waals surface area contributed by atoms with Crippen LogP contribution in [0.25, 0.3) is 0 Å². The number of rotatable bonds is 1. The number of fused-ring (bicyclic) bond motifs is 2. The summed E-state index contributed by atoms with van der Waals surface area (Å²) in [5.41, 5.74) is 0.826. The molecule has 130 valence electrons. The van der Waals surface area contributed by atoms with Crippen LogP contribution >= 0.6 is 0 Å². The lowest BCUT2D eigenvalue weighted by Gasteiger charge is -2.51. The number of likely N-dealkylation sites (N-methyl/N-ethyl adjacent to an activating group) is 1. The largest absolute Gasteiger partial charge is 0.360 e. The Labute approximate surface area is 143 Å². The van der Waals surface area contributed by atoms with Gasteiger partial charge in [-0.1, -0.05) is 0 Å². The maximum Gasteiger partial charge on any atom is 0.251 e. The summed E-state index contributed by atoms with van der Waals surface area (Å²) in [6, 6.07) is 2.97. The zero-order valence-corrected chi connectivity index (χ0v) is 15.0. The van der Waals surface area contributed by atoms with E-state index in [2.05, 4.69) is 20.9 Å². The lowest BCUT2D eigenvalue weighted by Crippen LogP contribution is -2.63. The number of anilines is 1. The third kappa shape index (κ3) is 2.48. The van der Waals surface area contributed by atoms with E-state index in [0.29, 0.717) is 18.6 Å². The molecular formula is C18H26N4O2. The van der Waals surface area contributed by atoms with Gasteiger partial charge in [0, 0.05) is 37.4 Å². The molecule has 3 aliphatic rings. The van der Waals surface area contributed by atoms with Gasteiger partial charge in [0.15, 0.2) is 0 Å². The summed E-state index contributed by atoms with van der Waals surface area (Å²) in [6.07, 6.45) is 3.94. The summed E-state index contributed by atoms with van der Waals surface area (Å²) in [6.45, 7) is 6.57. The predicted molar refractivity (Wildman–Crippen MR) is 90.9 cm³/mol. The van der Waals surface area contributed by atoms with E-state index in [1.54, 1.807) is 0 Å². The average Bonchev–Trinajstić information content (AvgIpc) is 2.77. The van der Waals surface area contributed by atoms with Crippen molar-refractivity contribution in [3.8, 4) is 0 Å². The first-order valence-corrected chi connectivity index (χ1v) is 8.90. The molecule has 3 atom stereocenters. The molecule has 0 aliphatic carbocycles. The number of hydrogen-bond acceptors (Lipinski definition) is 5. The molecule has 1 spiro atoms. The fourth-order valence-electron chi connectivity index (χ4n) is 5.02. The SMILES string of the molecule is Cc1cc(N2C3CCC2CC2(C3)CN(C)C(=O)C(C)O2)nc(C)n1. The molecule has 3 aliphatic heterocycles. The Kier molecular flexibility index (Phi) is 3.56. The Hall–Kier alpha value is -1.69. The van der Waals surface area contributed by atoms with Gasteiger partial charge in [0.2, 0.25) is 0 Å². The number of nitrogens with zero attached hydrogens (tertiary/aromatic N) is 4. The van der Waals surface area contributed by atoms with Crippen molar-refractivity contribution in [2.24, 2.45) is 0 Å². The normalized spacial score (nSPS) is 35.8. The second-order valence-corrected chi connectivity index (χ2v) is 7.75. The number of carbonyl (C=O) groups excluding carboxylic acids is 1. The van der Waals surface area contributed by atoms with Crippen LogP contribution in [0.1, 0.15) is 44.1 Å². The second-order valence-electron chi connectivity index (χ2n) is 7.75. The summed E-state index contributed by atoms with van der Waals surface area (Å²) in [5.74, 6) is 1.98. The van der Waals surface area contributed by atoms with Crippen LogP contribution < -0.4 is 4.90 Å². The highest BCUT2D eigenvalue weighted by atomic mass is 16.5. The summed E-state index contributed by atoms with van der Waals surface area (Å²) in [4.78, 5) is 25.5. The predicted octanol–water partition coefficient (Wildman–Crippen LogP) is 1.84. The minimum absolute atomic E-state index is 0.0949. The van der Waals surface area contributed by atoms with Crippen LogP contribution in [0.5, 0.6) is 0 Å². The highest BCUT2D eigenvalue weighted by molar-refractivity contribution is 5.81. The Bertz CT molecular complexity index is 627. The molecule has 24 heavy (non-hydrogen) atoms. The Morgan fingerprint density at radius 1 is 1.21 bits per heavy atom. The molecule has 3 fully saturated rings. The smallest absolute Gasteiger partial charge is 0.251 e. The van der Waals surface area contributed by atoms with Gasteiger partial charge in [0.1, 0.15) is 17.7 Å². The lowest BCUT2D eigenvalue weighted by atomic mass is 9.84. The third-order valence-electron chi connectivity index (χ3n) is 5.73. The van der Waals surface area contributed by atoms with Crippen LogP contribution in [0.15, 0.2) is 6.07 Å². The molecular weight excluding hydrogens is 304 g/mol. The summed E-state index contributed by atoms with van der Waals surface area (Å²) >= 11 is 0. The number of aromatic nitrogens is 2. The standard InChI is InChI=1S/C18H26N4O2/c1-11-7-16(20-13(3)19-11)22-14-5-6-15(22)9-18(8-14)10-21(4)17(23)12(2)24-18/h7,12,14-15H,5-6,8-10H2,1-4H3. The lowest BCUT2D eigenvalue weighted by molar-refractivity contribution is -0.184. The Morgan fingerprint density at radius 2 is 1.88 bits per heavy atom. The zero-order valence-electron chi connectivity index (χ0n) is 15.0. The quantitative estimate of drug-likeness (QED) is 0.786. The van der Waals surface area contributed by atoms with Gasteiger partial charge >= 0.3 is 0 Å². The van der Waals surface area contributed by atoms with Crippen molar-refractivity contribution in [3.05, 3.63) is 17.6 Å². The first-order chi connectivity index (χ1) is 11.4. The average molecular weight is 330 g/mol. The van der Waals surface area contributed by atoms with Gasteiger partial charge in [-0.25, -0.2) is 9.97 Å². The minimum atomic E-state index is -0.335. The van der Waals surface area contributed by atoms with Gasteiger partial charge in [0.05, 0.1) is 5.60 Å². The van der Waals surface area contributed by atoms with Crippen molar-refractivity contribution >= 4 is 11.7 Å². The van der Waals surface area contributed by atoms with E-state index >= 15 is 0 Å². The van der Waals surface area contributed by atoms with Gasteiger partial charge in [-0.3, -0.25) is 4.79 Å². The van der Waals surface area contributed by atoms with Gasteiger partial charge in [-0.2, -0.15) is 0 Å². The molecule has 4 heterocycles. The van der Waals surface area contributed by atoms with E-state index in [1.165, 1.54) is 12.8 Å². The number of aryl methyl sites for hydroxylation is 2. The topological polar surface area (TPSA) is 58.6 Å². The number of hydrogen-bond donors (Lipinski definition) is 0. The van der Waals surface area contributed by atoms with E-state index in [-0.39, 0.29) is 17.6 Å². The summed E-state index contributed by atoms with van der Waals surface area (Å²) in [5, 5.41) is 0. The molecule has 3 saturated heterocycles. The number of ether oxygens (including phenoxy) is 1. The molecule has 0 aromatic carbocycles. The molecule has 6 heteroatoms. The molecule has 4 rings (SSSR count). The van der Waals surface area contributed by atoms with Crippen molar-refractivity contribution in [1.82, 2.24) is 14.9 Å². The summed E-state index contributed by atoms with van der Waals surface area (Å²) in [7, 11) is 1.90. The highest BCUT2D eigenvalue weighted by Crippen LogP contribution is 2.46. The minimum Gasteiger partial charge on any atom is -0.360 e. The first kappa shape index (κ1) is 15.8. The first-order valence-electron chi connectivity index (χ1n) is 8.90. The number of carbonyl (C=O) groups is 1. The van der Waals surface area contributed by atoms with Crippen molar-refractivity contribution in [1.29, 1.82) is 0 Å². The van der Waals surface area contributed by atoms with E-state index in [9.17, 15) is 4.79 Å². The third-order valence-corrected chi connectivity index (χ3v) is 5.73. The monoisotopic (exact) mass is 330 g/mol. The van der Waals surface area contributed by atoms with E-state index in [1.807, 2.05) is 32.7 Å². The summed E-state index contributed by atoms with van der Waals surface area (Å²) < 4.78 is 6.26. The van der Waals surface area contributed by atoms with Gasteiger partial charge in [-0.05, 0) is 46.5 Å². The maximum atomic E-state index is 12.1. The van der Waals surface area contributed by atoms with Crippen molar-refractivity contribution < 1.29 is 9.53 Å². The van der Waals surface area contributed by atoms with E-state index < -0.39 is 0 Å². The molecule has 2 bridgehead atoms. The van der Waals surface area contributed by atoms with Crippen LogP contribution in [-0.2, 0) is 9.53 Å². The Balaban J connectivity index is 1.61. The van der Waals surface area contributed by atoms with E-state index in [0.717, 1.165) is 30.2 Å². The van der Waals surface area contributed by atoms with E-state index in [4.69, 9.17) is 4.74 Å². The molecule has 3 unspecified atom stereocenters. The molecule has 1 aromatic rings. The molecule has 6 nitrogen and oxygen atoms in total. The highest BCUT2D eigenvalue weighted by Gasteiger charge is 2.53. The zero-order chi connectivity index (χ0) is 17.1. The molecule has 1 aromatic heterocycles. The fourth-order valence-corrected chi connectivity index (χ4v) is 5.02. The van der Waals surface area contributed by atoms with Crippen LogP contribution in [0, 0.1) is 13.8 Å². The van der Waals surface area contributed by atoms with Crippen LogP contribution in [0.4, 0.5) is 5.82 Å². The molecule has 0 N–H and O–H groups in total. The second kappa shape index (κ2) is 5.41. The number of morpholine rings is 1. The Morgan fingerprint density at radius 3 is 2.46 bits per heavy atom. The van der Waals surface area contributed by atoms with Gasteiger partial charge in [0.25, 0.3) is 5.91 Å². The van der Waals surface area contributed by atoms with Crippen molar-refractivity contribution in [2.45, 2.75) is 70.2 Å². The fraction of sp³-hybridized carbons (Fsp3) is 0.722. The number of amides is 1. The van der Waals surface area contributed by atoms with Crippen LogP contribution in [0.2, 0.25) is 0 Å². The molecule has 1 amide bonds. The van der Waals surface area contributed by atoms with Crippen molar-refractivity contribution in [2.75, 3.05) is 18.5 Å². The van der Waals surface area contributed by atoms with Crippen LogP contribution in [0.3, 0.4) is 0 Å². The van der Waals surface area contributed by atoms with Gasteiger partial charge < -0.3 is 14.5 Å². The number of piperidine rings is 1. The van der Waals surface area contributed by atoms with Crippen LogP contribution in [-0.4, -0.2) is 58.2 Å². The molecule has 0 radical (unpaired) electrons. The van der Waals surface area contributed by atoms with Gasteiger partial charge in [-0.15, -0.1) is 0 Å². The maximum absolute atomic E-state index is 12.1. The van der Waals surface area contributed by atoms with Crippen molar-refractivity contribution in [3.63, 3.8) is 0 Å². The molecule has 0 saturated carbocycles.